The van der Waals surface area contributed by atoms with Crippen molar-refractivity contribution in [1.82, 2.24) is 9.88 Å². The van der Waals surface area contributed by atoms with Gasteiger partial charge in [0.25, 0.3) is 5.91 Å². The Labute approximate surface area is 214 Å². The van der Waals surface area contributed by atoms with Gasteiger partial charge in [-0.25, -0.2) is 0 Å². The standard InChI is InChI=1S/C28H26ClN3O2S/c1-19-18-21(31-35-25-10-4-6-20-7-5-15-30-26(20)25)11-12-22(19)27(33)32-16-13-28(34,14-17-32)23-8-2-3-9-24(23)29/h2-12,15,18,31,34H,13-14,16-17H2,1H3. The molecule has 0 saturated carbocycles. The number of halogens is 1. The molecule has 0 bridgehead atoms. The number of benzene rings is 3. The lowest BCUT2D eigenvalue weighted by Crippen LogP contribution is -2.45. The van der Waals surface area contributed by atoms with Crippen LogP contribution in [0.15, 0.2) is 83.9 Å². The van der Waals surface area contributed by atoms with E-state index in [0.717, 1.165) is 32.6 Å². The van der Waals surface area contributed by atoms with E-state index in [1.807, 2.05) is 78.6 Å². The number of fused-ring (bicyclic) bond motifs is 1. The number of carbonyl (C=O) groups excluding carboxylic acids is 1. The van der Waals surface area contributed by atoms with Crippen LogP contribution >= 0.6 is 23.5 Å². The Kier molecular flexibility index (Phi) is 6.69. The fraction of sp³-hybridized carbons (Fsp3) is 0.214. The summed E-state index contributed by atoms with van der Waals surface area (Å²) in [4.78, 5) is 20.6. The second-order valence-corrected chi connectivity index (χ2v) is 10.1. The number of carbonyl (C=O) groups is 1. The van der Waals surface area contributed by atoms with E-state index in [-0.39, 0.29) is 5.91 Å². The van der Waals surface area contributed by atoms with E-state index >= 15 is 0 Å². The monoisotopic (exact) mass is 503 g/mol. The summed E-state index contributed by atoms with van der Waals surface area (Å²) < 4.78 is 3.38. The smallest absolute Gasteiger partial charge is 0.254 e. The van der Waals surface area contributed by atoms with Gasteiger partial charge in [0.1, 0.15) is 0 Å². The summed E-state index contributed by atoms with van der Waals surface area (Å²) in [5, 5.41) is 12.8. The van der Waals surface area contributed by atoms with Crippen molar-refractivity contribution in [3.8, 4) is 0 Å². The quantitative estimate of drug-likeness (QED) is 0.307. The lowest BCUT2D eigenvalue weighted by atomic mass is 9.84. The molecule has 0 spiro atoms. The highest BCUT2D eigenvalue weighted by atomic mass is 35.5. The van der Waals surface area contributed by atoms with Crippen LogP contribution in [0.3, 0.4) is 0 Å². The number of para-hydroxylation sites is 1. The molecule has 1 fully saturated rings. The Balaban J connectivity index is 1.25. The number of piperidine rings is 1. The predicted molar refractivity (Wildman–Crippen MR) is 143 cm³/mol. The summed E-state index contributed by atoms with van der Waals surface area (Å²) in [5.74, 6) is -0.0128. The molecule has 2 heterocycles. The van der Waals surface area contributed by atoms with Gasteiger partial charge in [0.05, 0.1) is 16.0 Å². The number of rotatable bonds is 5. The normalized spacial score (nSPS) is 15.2. The van der Waals surface area contributed by atoms with Gasteiger partial charge in [-0.15, -0.1) is 0 Å². The Bertz CT molecular complexity index is 1380. The zero-order valence-electron chi connectivity index (χ0n) is 19.4. The van der Waals surface area contributed by atoms with E-state index in [1.165, 1.54) is 11.9 Å². The van der Waals surface area contributed by atoms with Gasteiger partial charge in [-0.1, -0.05) is 48.0 Å². The molecule has 1 aromatic heterocycles. The van der Waals surface area contributed by atoms with Crippen LogP contribution in [0.25, 0.3) is 10.9 Å². The molecule has 0 atom stereocenters. The zero-order valence-corrected chi connectivity index (χ0v) is 20.9. The van der Waals surface area contributed by atoms with Crippen molar-refractivity contribution in [2.24, 2.45) is 0 Å². The third-order valence-electron chi connectivity index (χ3n) is 6.58. The van der Waals surface area contributed by atoms with E-state index < -0.39 is 5.60 Å². The van der Waals surface area contributed by atoms with Crippen LogP contribution in [-0.2, 0) is 5.60 Å². The van der Waals surface area contributed by atoms with Crippen LogP contribution in [0.4, 0.5) is 5.69 Å². The molecule has 0 radical (unpaired) electrons. The third-order valence-corrected chi connectivity index (χ3v) is 7.80. The molecule has 0 unspecified atom stereocenters. The summed E-state index contributed by atoms with van der Waals surface area (Å²) in [7, 11) is 0. The number of aliphatic hydroxyl groups is 1. The zero-order chi connectivity index (χ0) is 24.4. The number of hydrogen-bond donors (Lipinski definition) is 2. The minimum Gasteiger partial charge on any atom is -0.385 e. The van der Waals surface area contributed by atoms with Crippen molar-refractivity contribution in [2.45, 2.75) is 30.3 Å². The highest BCUT2D eigenvalue weighted by molar-refractivity contribution is 8.00. The van der Waals surface area contributed by atoms with Gasteiger partial charge in [-0.2, -0.15) is 0 Å². The summed E-state index contributed by atoms with van der Waals surface area (Å²) in [6.45, 7) is 2.90. The summed E-state index contributed by atoms with van der Waals surface area (Å²) in [5.41, 5.74) is 3.19. The van der Waals surface area contributed by atoms with Crippen molar-refractivity contribution < 1.29 is 9.90 Å². The Morgan fingerprint density at radius 2 is 1.83 bits per heavy atom. The third kappa shape index (κ3) is 4.87. The SMILES string of the molecule is Cc1cc(NSc2cccc3cccnc23)ccc1C(=O)N1CCC(O)(c2ccccc2Cl)CC1. The predicted octanol–water partition coefficient (Wildman–Crippen LogP) is 6.44. The second-order valence-electron chi connectivity index (χ2n) is 8.87. The molecule has 1 aliphatic rings. The topological polar surface area (TPSA) is 65.5 Å². The highest BCUT2D eigenvalue weighted by Crippen LogP contribution is 2.37. The fourth-order valence-corrected chi connectivity index (χ4v) is 5.68. The van der Waals surface area contributed by atoms with Crippen LogP contribution < -0.4 is 4.72 Å². The molecule has 35 heavy (non-hydrogen) atoms. The van der Waals surface area contributed by atoms with Crippen molar-refractivity contribution in [3.63, 3.8) is 0 Å². The number of pyridine rings is 1. The van der Waals surface area contributed by atoms with Gasteiger partial charge >= 0.3 is 0 Å². The summed E-state index contributed by atoms with van der Waals surface area (Å²) >= 11 is 7.83. The van der Waals surface area contributed by atoms with E-state index in [4.69, 9.17) is 11.6 Å². The van der Waals surface area contributed by atoms with Gasteiger partial charge in [0.15, 0.2) is 0 Å². The molecule has 5 rings (SSSR count). The highest BCUT2D eigenvalue weighted by Gasteiger charge is 2.37. The van der Waals surface area contributed by atoms with Crippen LogP contribution in [-0.4, -0.2) is 34.0 Å². The molecule has 2 N–H and O–H groups in total. The van der Waals surface area contributed by atoms with Crippen molar-refractivity contribution in [3.05, 3.63) is 101 Å². The average molecular weight is 504 g/mol. The van der Waals surface area contributed by atoms with E-state index in [1.54, 1.807) is 12.3 Å². The molecule has 1 aliphatic heterocycles. The van der Waals surface area contributed by atoms with Gasteiger partial charge in [0.2, 0.25) is 0 Å². The van der Waals surface area contributed by atoms with Gasteiger partial charge in [-0.05, 0) is 73.7 Å². The maximum atomic E-state index is 13.3. The summed E-state index contributed by atoms with van der Waals surface area (Å²) in [6, 6.07) is 23.3. The first kappa shape index (κ1) is 23.7. The van der Waals surface area contributed by atoms with E-state index in [2.05, 4.69) is 9.71 Å². The molecule has 4 aromatic rings. The summed E-state index contributed by atoms with van der Waals surface area (Å²) in [6.07, 6.45) is 2.71. The number of hydrogen-bond acceptors (Lipinski definition) is 5. The number of aryl methyl sites for hydroxylation is 1. The molecule has 0 aliphatic carbocycles. The number of aromatic nitrogens is 1. The molecule has 178 valence electrons. The second kappa shape index (κ2) is 9.90. The van der Waals surface area contributed by atoms with Gasteiger partial charge < -0.3 is 14.7 Å². The van der Waals surface area contributed by atoms with Crippen LogP contribution in [0.1, 0.15) is 34.3 Å². The van der Waals surface area contributed by atoms with Gasteiger partial charge in [0, 0.05) is 46.5 Å². The van der Waals surface area contributed by atoms with Crippen molar-refractivity contribution in [2.75, 3.05) is 17.8 Å². The Morgan fingerprint density at radius 3 is 2.60 bits per heavy atom. The number of amides is 1. The molecule has 3 aromatic carbocycles. The number of nitrogens with one attached hydrogen (secondary N) is 1. The molecule has 1 amide bonds. The average Bonchev–Trinajstić information content (AvgIpc) is 2.88. The first-order valence-corrected chi connectivity index (χ1v) is 12.8. The van der Waals surface area contributed by atoms with E-state index in [0.29, 0.717) is 36.5 Å². The minimum atomic E-state index is -1.01. The Morgan fingerprint density at radius 1 is 1.06 bits per heavy atom. The van der Waals surface area contributed by atoms with Crippen molar-refractivity contribution >= 4 is 46.0 Å². The molecule has 7 heteroatoms. The number of likely N-dealkylation sites (tertiary alicyclic amines) is 1. The lowest BCUT2D eigenvalue weighted by molar-refractivity contribution is -0.0210. The minimum absolute atomic E-state index is 0.0128. The molecule has 5 nitrogen and oxygen atoms in total. The molecule has 1 saturated heterocycles. The van der Waals surface area contributed by atoms with Crippen molar-refractivity contribution in [1.29, 1.82) is 0 Å². The molecular formula is C28H26ClN3O2S. The largest absolute Gasteiger partial charge is 0.385 e. The Hall–Kier alpha value is -3.06. The molecular weight excluding hydrogens is 478 g/mol. The number of nitrogens with zero attached hydrogens (tertiary/aromatic N) is 2. The van der Waals surface area contributed by atoms with Crippen LogP contribution in [0.2, 0.25) is 5.02 Å². The fourth-order valence-electron chi connectivity index (χ4n) is 4.60. The van der Waals surface area contributed by atoms with Gasteiger partial charge in [-0.3, -0.25) is 9.78 Å². The maximum Gasteiger partial charge on any atom is 0.254 e. The van der Waals surface area contributed by atoms with Crippen LogP contribution in [0.5, 0.6) is 0 Å². The number of anilines is 1. The van der Waals surface area contributed by atoms with Crippen LogP contribution in [0, 0.1) is 6.92 Å². The van der Waals surface area contributed by atoms with E-state index in [9.17, 15) is 9.90 Å². The lowest BCUT2D eigenvalue weighted by Gasteiger charge is -2.39. The first-order chi connectivity index (χ1) is 16.9. The first-order valence-electron chi connectivity index (χ1n) is 11.6. The maximum absolute atomic E-state index is 13.3.